The third-order valence-electron chi connectivity index (χ3n) is 14.3. The second-order valence-corrected chi connectivity index (χ2v) is 22.3. The standard InChI is InChI=1S/C77H126O6/c1-4-7-10-13-16-19-22-25-28-30-32-34-36-38-40-42-44-46-49-52-55-58-61-64-67-70-76(79)82-73-74(72-81-75(78)69-66-63-60-57-54-51-48-27-24-21-18-15-12-9-6-3)83-77(80)71-68-65-62-59-56-53-50-47-45-43-41-39-37-35-33-31-29-26-23-20-17-14-11-8-5-2/h7-8,10-11,16-21,25-29,32-35,38,40,44,46,48,74H,4-6,9,12-15,22-24,30-31,36-37,39,41-43,45,47,49-73H2,1-3H3/b10-7-,11-8-,19-16-,20-17-,21-18-,28-25-,29-26-,34-32-,35-33-,40-38-,46-44-,48-27-. The van der Waals surface area contributed by atoms with Gasteiger partial charge in [0.1, 0.15) is 13.2 Å². The van der Waals surface area contributed by atoms with E-state index in [9.17, 15) is 14.4 Å². The monoisotopic (exact) mass is 1150 g/mol. The van der Waals surface area contributed by atoms with Gasteiger partial charge in [-0.05, 0) is 141 Å². The zero-order valence-corrected chi connectivity index (χ0v) is 53.9. The molecular formula is C77H126O6. The number of hydrogen-bond donors (Lipinski definition) is 0. The lowest BCUT2D eigenvalue weighted by atomic mass is 10.0. The highest BCUT2D eigenvalue weighted by atomic mass is 16.6. The Morgan fingerprint density at radius 3 is 0.735 bits per heavy atom. The van der Waals surface area contributed by atoms with Gasteiger partial charge in [-0.2, -0.15) is 0 Å². The number of unbranched alkanes of at least 4 members (excludes halogenated alkanes) is 26. The summed E-state index contributed by atoms with van der Waals surface area (Å²) in [7, 11) is 0. The van der Waals surface area contributed by atoms with Crippen molar-refractivity contribution in [2.75, 3.05) is 13.2 Å². The first-order valence-corrected chi connectivity index (χ1v) is 34.3. The molecule has 0 amide bonds. The van der Waals surface area contributed by atoms with E-state index in [0.29, 0.717) is 19.3 Å². The summed E-state index contributed by atoms with van der Waals surface area (Å²) in [6, 6.07) is 0. The van der Waals surface area contributed by atoms with Gasteiger partial charge < -0.3 is 14.2 Å². The Bertz CT molecular complexity index is 1800. The average molecular weight is 1150 g/mol. The summed E-state index contributed by atoms with van der Waals surface area (Å²) in [5.41, 5.74) is 0. The Morgan fingerprint density at radius 2 is 0.470 bits per heavy atom. The molecule has 0 rings (SSSR count). The molecule has 0 radical (unpaired) electrons. The normalized spacial score (nSPS) is 13.0. The Morgan fingerprint density at radius 1 is 0.253 bits per heavy atom. The van der Waals surface area contributed by atoms with Crippen LogP contribution in [0.4, 0.5) is 0 Å². The van der Waals surface area contributed by atoms with Crippen molar-refractivity contribution in [3.63, 3.8) is 0 Å². The van der Waals surface area contributed by atoms with Crippen molar-refractivity contribution in [3.05, 3.63) is 146 Å². The van der Waals surface area contributed by atoms with Crippen molar-refractivity contribution in [2.24, 2.45) is 0 Å². The molecule has 0 aliphatic heterocycles. The van der Waals surface area contributed by atoms with Crippen LogP contribution in [0.2, 0.25) is 0 Å². The first-order chi connectivity index (χ1) is 41.0. The van der Waals surface area contributed by atoms with Gasteiger partial charge in [0.15, 0.2) is 6.10 Å². The van der Waals surface area contributed by atoms with E-state index in [2.05, 4.69) is 167 Å². The minimum absolute atomic E-state index is 0.0945. The summed E-state index contributed by atoms with van der Waals surface area (Å²) < 4.78 is 17.0. The van der Waals surface area contributed by atoms with Crippen LogP contribution in [0.3, 0.4) is 0 Å². The minimum atomic E-state index is -0.799. The van der Waals surface area contributed by atoms with Crippen LogP contribution in [0.15, 0.2) is 146 Å². The smallest absolute Gasteiger partial charge is 0.306 e. The third kappa shape index (κ3) is 68.0. The predicted octanol–water partition coefficient (Wildman–Crippen LogP) is 23.9. The predicted molar refractivity (Wildman–Crippen MR) is 362 cm³/mol. The average Bonchev–Trinajstić information content (AvgIpc) is 3.49. The largest absolute Gasteiger partial charge is 0.462 e. The van der Waals surface area contributed by atoms with Gasteiger partial charge in [-0.1, -0.05) is 289 Å². The Labute approximate surface area is 512 Å². The fraction of sp³-hybridized carbons (Fsp3) is 0.649. The van der Waals surface area contributed by atoms with Crippen molar-refractivity contribution in [1.29, 1.82) is 0 Å². The van der Waals surface area contributed by atoms with E-state index in [-0.39, 0.29) is 31.1 Å². The molecule has 1 unspecified atom stereocenters. The van der Waals surface area contributed by atoms with E-state index in [1.54, 1.807) is 0 Å². The number of hydrogen-bond acceptors (Lipinski definition) is 6. The van der Waals surface area contributed by atoms with Crippen LogP contribution in [0.1, 0.15) is 303 Å². The molecule has 0 aliphatic rings. The Kier molecular flexibility index (Phi) is 65.8. The topological polar surface area (TPSA) is 78.9 Å². The number of allylic oxidation sites excluding steroid dienone is 24. The quantitative estimate of drug-likeness (QED) is 0.0261. The number of ether oxygens (including phenoxy) is 3. The van der Waals surface area contributed by atoms with Crippen LogP contribution >= 0.6 is 0 Å². The minimum Gasteiger partial charge on any atom is -0.462 e. The first kappa shape index (κ1) is 78.3. The summed E-state index contributed by atoms with van der Waals surface area (Å²) in [5.74, 6) is -0.919. The van der Waals surface area contributed by atoms with E-state index in [0.717, 1.165) is 161 Å². The molecule has 0 heterocycles. The fourth-order valence-corrected chi connectivity index (χ4v) is 9.23. The van der Waals surface area contributed by atoms with E-state index in [4.69, 9.17) is 14.2 Å². The SMILES string of the molecule is CC/C=C\C/C=C\C/C=C\C/C=C\C/C=C\C/C=C\CCCCCCCCC(=O)OCC(COC(=O)CCCCCCC/C=C\C/C=C\CCCCC)OC(=O)CCCCCCCCCCCCCC/C=C\C/C=C\C/C=C\C/C=C\CC. The highest BCUT2D eigenvalue weighted by molar-refractivity contribution is 5.71. The number of esters is 3. The van der Waals surface area contributed by atoms with Crippen LogP contribution < -0.4 is 0 Å². The van der Waals surface area contributed by atoms with Gasteiger partial charge in [0.05, 0.1) is 0 Å². The van der Waals surface area contributed by atoms with Gasteiger partial charge in [0.2, 0.25) is 0 Å². The van der Waals surface area contributed by atoms with E-state index in [1.165, 1.54) is 103 Å². The molecule has 0 fully saturated rings. The highest BCUT2D eigenvalue weighted by Crippen LogP contribution is 2.16. The molecule has 0 aliphatic carbocycles. The summed E-state index contributed by atoms with van der Waals surface area (Å²) in [6.07, 6.45) is 100.0. The molecule has 1 atom stereocenters. The second kappa shape index (κ2) is 69.8. The molecule has 0 saturated heterocycles. The fourth-order valence-electron chi connectivity index (χ4n) is 9.23. The number of carbonyl (C=O) groups is 3. The molecule has 0 bridgehead atoms. The van der Waals surface area contributed by atoms with E-state index < -0.39 is 6.10 Å². The molecule has 0 aromatic heterocycles. The zero-order chi connectivity index (χ0) is 59.9. The van der Waals surface area contributed by atoms with Gasteiger partial charge in [-0.25, -0.2) is 0 Å². The van der Waals surface area contributed by atoms with Crippen molar-refractivity contribution in [2.45, 2.75) is 309 Å². The molecule has 0 aromatic carbocycles. The van der Waals surface area contributed by atoms with Crippen molar-refractivity contribution in [3.8, 4) is 0 Å². The second-order valence-electron chi connectivity index (χ2n) is 22.3. The Balaban J connectivity index is 4.41. The first-order valence-electron chi connectivity index (χ1n) is 34.3. The van der Waals surface area contributed by atoms with Crippen LogP contribution in [-0.2, 0) is 28.6 Å². The lowest BCUT2D eigenvalue weighted by Crippen LogP contribution is -2.30. The van der Waals surface area contributed by atoms with Crippen molar-refractivity contribution < 1.29 is 28.6 Å². The third-order valence-corrected chi connectivity index (χ3v) is 14.3. The molecule has 0 spiro atoms. The maximum absolute atomic E-state index is 13.0. The maximum Gasteiger partial charge on any atom is 0.306 e. The molecule has 83 heavy (non-hydrogen) atoms. The summed E-state index contributed by atoms with van der Waals surface area (Å²) in [5, 5.41) is 0. The lowest BCUT2D eigenvalue weighted by molar-refractivity contribution is -0.167. The van der Waals surface area contributed by atoms with Gasteiger partial charge in [-0.3, -0.25) is 14.4 Å². The zero-order valence-electron chi connectivity index (χ0n) is 53.9. The highest BCUT2D eigenvalue weighted by Gasteiger charge is 2.19. The van der Waals surface area contributed by atoms with Crippen LogP contribution in [0, 0.1) is 0 Å². The summed E-state index contributed by atoms with van der Waals surface area (Å²) >= 11 is 0. The molecule has 470 valence electrons. The van der Waals surface area contributed by atoms with Crippen LogP contribution in [0.25, 0.3) is 0 Å². The van der Waals surface area contributed by atoms with Gasteiger partial charge in [0.25, 0.3) is 0 Å². The van der Waals surface area contributed by atoms with Crippen molar-refractivity contribution in [1.82, 2.24) is 0 Å². The van der Waals surface area contributed by atoms with Crippen LogP contribution in [0.5, 0.6) is 0 Å². The maximum atomic E-state index is 13.0. The number of carbonyl (C=O) groups excluding carboxylic acids is 3. The molecular weight excluding hydrogens is 1020 g/mol. The summed E-state index contributed by atoms with van der Waals surface area (Å²) in [4.78, 5) is 38.5. The lowest BCUT2D eigenvalue weighted by Gasteiger charge is -2.18. The number of rotatable bonds is 61. The molecule has 0 saturated carbocycles. The van der Waals surface area contributed by atoms with Gasteiger partial charge in [0, 0.05) is 19.3 Å². The molecule has 0 aromatic rings. The Hall–Kier alpha value is -4.71. The van der Waals surface area contributed by atoms with E-state index in [1.807, 2.05) is 0 Å². The molecule has 6 heteroatoms. The van der Waals surface area contributed by atoms with E-state index >= 15 is 0 Å². The molecule has 6 nitrogen and oxygen atoms in total. The summed E-state index contributed by atoms with van der Waals surface area (Å²) in [6.45, 7) is 6.38. The van der Waals surface area contributed by atoms with Gasteiger partial charge in [-0.15, -0.1) is 0 Å². The van der Waals surface area contributed by atoms with Gasteiger partial charge >= 0.3 is 17.9 Å². The molecule has 0 N–H and O–H groups in total. The van der Waals surface area contributed by atoms with Crippen molar-refractivity contribution >= 4 is 17.9 Å². The van der Waals surface area contributed by atoms with Crippen LogP contribution in [-0.4, -0.2) is 37.2 Å².